The second-order valence-corrected chi connectivity index (χ2v) is 3.96. The summed E-state index contributed by atoms with van der Waals surface area (Å²) in [5.41, 5.74) is 0. The van der Waals surface area contributed by atoms with Crippen LogP contribution in [0.2, 0.25) is 0 Å². The lowest BCUT2D eigenvalue weighted by Gasteiger charge is -2.26. The SMILES string of the molecule is CN(C1CC1)C1CCCC1O. The van der Waals surface area contributed by atoms with Crippen molar-refractivity contribution in [3.63, 3.8) is 0 Å². The van der Waals surface area contributed by atoms with Gasteiger partial charge in [-0.2, -0.15) is 0 Å². The fourth-order valence-electron chi connectivity index (χ4n) is 2.15. The first-order valence-corrected chi connectivity index (χ1v) is 4.69. The maximum Gasteiger partial charge on any atom is 0.0695 e. The first kappa shape index (κ1) is 7.56. The molecule has 0 aliphatic heterocycles. The summed E-state index contributed by atoms with van der Waals surface area (Å²) in [6, 6.07) is 1.27. The van der Waals surface area contributed by atoms with Crippen molar-refractivity contribution in [1.82, 2.24) is 4.90 Å². The van der Waals surface area contributed by atoms with Crippen LogP contribution in [0.4, 0.5) is 0 Å². The number of hydrogen-bond acceptors (Lipinski definition) is 2. The van der Waals surface area contributed by atoms with Gasteiger partial charge in [-0.25, -0.2) is 0 Å². The van der Waals surface area contributed by atoms with E-state index in [1.54, 1.807) is 0 Å². The van der Waals surface area contributed by atoms with Crippen molar-refractivity contribution in [2.24, 2.45) is 0 Å². The number of rotatable bonds is 2. The number of aliphatic hydroxyl groups is 1. The standard InChI is InChI=1S/C9H17NO/c1-10(7-5-6-7)8-3-2-4-9(8)11/h7-9,11H,2-6H2,1H3. The van der Waals surface area contributed by atoms with E-state index in [9.17, 15) is 5.11 Å². The van der Waals surface area contributed by atoms with Crippen molar-refractivity contribution >= 4 is 0 Å². The summed E-state index contributed by atoms with van der Waals surface area (Å²) < 4.78 is 0. The lowest BCUT2D eigenvalue weighted by atomic mass is 10.2. The van der Waals surface area contributed by atoms with E-state index in [0.717, 1.165) is 12.5 Å². The van der Waals surface area contributed by atoms with Gasteiger partial charge in [-0.15, -0.1) is 0 Å². The minimum absolute atomic E-state index is 0.0411. The van der Waals surface area contributed by atoms with Crippen LogP contribution in [0, 0.1) is 0 Å². The highest BCUT2D eigenvalue weighted by Crippen LogP contribution is 2.32. The largest absolute Gasteiger partial charge is 0.391 e. The molecule has 0 heterocycles. The van der Waals surface area contributed by atoms with Crippen LogP contribution in [0.25, 0.3) is 0 Å². The molecule has 2 fully saturated rings. The molecule has 0 aromatic carbocycles. The van der Waals surface area contributed by atoms with Crippen LogP contribution in [0.3, 0.4) is 0 Å². The van der Waals surface area contributed by atoms with E-state index >= 15 is 0 Å². The normalized spacial score (nSPS) is 38.5. The highest BCUT2D eigenvalue weighted by molar-refractivity contribution is 4.92. The minimum atomic E-state index is -0.0411. The van der Waals surface area contributed by atoms with Crippen LogP contribution in [-0.2, 0) is 0 Å². The molecule has 64 valence electrons. The smallest absolute Gasteiger partial charge is 0.0695 e. The first-order chi connectivity index (χ1) is 5.29. The molecule has 2 rings (SSSR count). The molecular weight excluding hydrogens is 138 g/mol. The van der Waals surface area contributed by atoms with Gasteiger partial charge in [-0.3, -0.25) is 4.90 Å². The zero-order chi connectivity index (χ0) is 7.84. The van der Waals surface area contributed by atoms with Gasteiger partial charge in [0.2, 0.25) is 0 Å². The Morgan fingerprint density at radius 2 is 1.91 bits per heavy atom. The molecule has 2 aliphatic carbocycles. The summed E-state index contributed by atoms with van der Waals surface area (Å²) in [5, 5.41) is 9.59. The third-order valence-corrected chi connectivity index (χ3v) is 3.09. The first-order valence-electron chi connectivity index (χ1n) is 4.69. The van der Waals surface area contributed by atoms with Gasteiger partial charge in [0.05, 0.1) is 6.10 Å². The van der Waals surface area contributed by atoms with Crippen LogP contribution in [0.5, 0.6) is 0 Å². The van der Waals surface area contributed by atoms with Crippen molar-refractivity contribution < 1.29 is 5.11 Å². The second-order valence-electron chi connectivity index (χ2n) is 3.96. The molecule has 2 saturated carbocycles. The summed E-state index contributed by atoms with van der Waals surface area (Å²) in [6.45, 7) is 0. The molecule has 0 amide bonds. The van der Waals surface area contributed by atoms with Gasteiger partial charge in [-0.1, -0.05) is 0 Å². The lowest BCUT2D eigenvalue weighted by Crippen LogP contribution is -2.38. The molecule has 2 nitrogen and oxygen atoms in total. The van der Waals surface area contributed by atoms with Crippen molar-refractivity contribution in [2.45, 2.75) is 50.3 Å². The predicted octanol–water partition coefficient (Wildman–Crippen LogP) is 0.994. The fourth-order valence-corrected chi connectivity index (χ4v) is 2.15. The third kappa shape index (κ3) is 1.42. The molecule has 2 atom stereocenters. The molecule has 0 aromatic heterocycles. The molecule has 11 heavy (non-hydrogen) atoms. The predicted molar refractivity (Wildman–Crippen MR) is 44.4 cm³/mol. The van der Waals surface area contributed by atoms with Gasteiger partial charge in [0.15, 0.2) is 0 Å². The van der Waals surface area contributed by atoms with Crippen molar-refractivity contribution in [1.29, 1.82) is 0 Å². The fraction of sp³-hybridized carbons (Fsp3) is 1.00. The monoisotopic (exact) mass is 155 g/mol. The third-order valence-electron chi connectivity index (χ3n) is 3.09. The zero-order valence-electron chi connectivity index (χ0n) is 7.16. The molecule has 0 bridgehead atoms. The maximum atomic E-state index is 9.59. The van der Waals surface area contributed by atoms with E-state index in [1.165, 1.54) is 25.7 Å². The quantitative estimate of drug-likeness (QED) is 0.643. The van der Waals surface area contributed by atoms with Crippen molar-refractivity contribution in [3.8, 4) is 0 Å². The zero-order valence-corrected chi connectivity index (χ0v) is 7.16. The minimum Gasteiger partial charge on any atom is -0.391 e. The van der Waals surface area contributed by atoms with Crippen LogP contribution < -0.4 is 0 Å². The lowest BCUT2D eigenvalue weighted by molar-refractivity contribution is 0.0821. The molecule has 1 N–H and O–H groups in total. The van der Waals surface area contributed by atoms with Crippen molar-refractivity contribution in [2.75, 3.05) is 7.05 Å². The average molecular weight is 155 g/mol. The highest BCUT2D eigenvalue weighted by atomic mass is 16.3. The Morgan fingerprint density at radius 1 is 1.18 bits per heavy atom. The number of nitrogens with zero attached hydrogens (tertiary/aromatic N) is 1. The van der Waals surface area contributed by atoms with Gasteiger partial charge in [0.1, 0.15) is 0 Å². The summed E-state index contributed by atoms with van der Waals surface area (Å²) in [7, 11) is 2.16. The van der Waals surface area contributed by atoms with E-state index in [4.69, 9.17) is 0 Å². The highest BCUT2D eigenvalue weighted by Gasteiger charge is 2.36. The summed E-state index contributed by atoms with van der Waals surface area (Å²) in [6.07, 6.45) is 6.08. The molecule has 0 spiro atoms. The van der Waals surface area contributed by atoms with Crippen LogP contribution in [-0.4, -0.2) is 35.2 Å². The molecule has 0 saturated heterocycles. The van der Waals surface area contributed by atoms with Gasteiger partial charge < -0.3 is 5.11 Å². The molecule has 0 radical (unpaired) electrons. The van der Waals surface area contributed by atoms with Crippen LogP contribution in [0.1, 0.15) is 32.1 Å². The Labute approximate surface area is 68.2 Å². The van der Waals surface area contributed by atoms with E-state index in [1.807, 2.05) is 0 Å². The summed E-state index contributed by atoms with van der Waals surface area (Å²) in [5.74, 6) is 0. The maximum absolute atomic E-state index is 9.59. The van der Waals surface area contributed by atoms with Gasteiger partial charge in [0, 0.05) is 12.1 Å². The summed E-state index contributed by atoms with van der Waals surface area (Å²) in [4.78, 5) is 2.39. The van der Waals surface area contributed by atoms with Gasteiger partial charge >= 0.3 is 0 Å². The van der Waals surface area contributed by atoms with Crippen LogP contribution >= 0.6 is 0 Å². The van der Waals surface area contributed by atoms with Gasteiger partial charge in [-0.05, 0) is 39.2 Å². The Balaban J connectivity index is 1.91. The van der Waals surface area contributed by atoms with Crippen LogP contribution in [0.15, 0.2) is 0 Å². The number of likely N-dealkylation sites (N-methyl/N-ethyl adjacent to an activating group) is 1. The average Bonchev–Trinajstić information content (AvgIpc) is 2.74. The molecule has 0 aromatic rings. The van der Waals surface area contributed by atoms with Crippen molar-refractivity contribution in [3.05, 3.63) is 0 Å². The molecule has 2 aliphatic rings. The Hall–Kier alpha value is -0.0800. The van der Waals surface area contributed by atoms with E-state index in [0.29, 0.717) is 6.04 Å². The number of hydrogen-bond donors (Lipinski definition) is 1. The molecule has 2 heteroatoms. The Kier molecular flexibility index (Phi) is 1.90. The van der Waals surface area contributed by atoms with Gasteiger partial charge in [0.25, 0.3) is 0 Å². The molecule has 2 unspecified atom stereocenters. The second kappa shape index (κ2) is 2.76. The summed E-state index contributed by atoms with van der Waals surface area (Å²) >= 11 is 0. The Morgan fingerprint density at radius 3 is 2.36 bits per heavy atom. The van der Waals surface area contributed by atoms with E-state index in [-0.39, 0.29) is 6.10 Å². The number of aliphatic hydroxyl groups excluding tert-OH is 1. The Bertz CT molecular complexity index is 144. The molecular formula is C9H17NO. The van der Waals surface area contributed by atoms with E-state index < -0.39 is 0 Å². The topological polar surface area (TPSA) is 23.5 Å². The van der Waals surface area contributed by atoms with E-state index in [2.05, 4.69) is 11.9 Å².